The molecule has 6 heteroatoms. The van der Waals surface area contributed by atoms with Crippen LogP contribution in [-0.4, -0.2) is 22.5 Å². The minimum absolute atomic E-state index is 0.0390. The molecule has 1 aromatic rings. The Kier molecular flexibility index (Phi) is 4.65. The molecular weight excluding hydrogens is 236 g/mol. The van der Waals surface area contributed by atoms with Crippen molar-refractivity contribution in [3.05, 3.63) is 33.9 Å². The molecule has 0 aliphatic heterocycles. The first-order valence-electron chi connectivity index (χ1n) is 5.61. The number of rotatable bonds is 6. The number of aliphatic carboxylic acids is 1. The normalized spacial score (nSPS) is 11.9. The van der Waals surface area contributed by atoms with Crippen LogP contribution in [-0.2, 0) is 4.79 Å². The molecule has 6 nitrogen and oxygen atoms in total. The fourth-order valence-electron chi connectivity index (χ4n) is 1.58. The molecule has 18 heavy (non-hydrogen) atoms. The van der Waals surface area contributed by atoms with Crippen molar-refractivity contribution in [2.45, 2.75) is 20.3 Å². The molecule has 0 radical (unpaired) electrons. The van der Waals surface area contributed by atoms with Gasteiger partial charge in [-0.25, -0.2) is 0 Å². The van der Waals surface area contributed by atoms with Crippen molar-refractivity contribution < 1.29 is 14.8 Å². The smallest absolute Gasteiger partial charge is 0.303 e. The monoisotopic (exact) mass is 252 g/mol. The molecule has 1 atom stereocenters. The Hall–Kier alpha value is -2.11. The number of nitrogens with zero attached hydrogens (tertiary/aromatic N) is 1. The first-order chi connectivity index (χ1) is 8.40. The largest absolute Gasteiger partial charge is 0.481 e. The van der Waals surface area contributed by atoms with Crippen LogP contribution in [0.1, 0.15) is 18.9 Å². The SMILES string of the molecule is Cc1ccc(NCC(C)CC(=O)O)cc1[N+](=O)[O-]. The van der Waals surface area contributed by atoms with Crippen molar-refractivity contribution in [1.29, 1.82) is 0 Å². The summed E-state index contributed by atoms with van der Waals surface area (Å²) in [6.07, 6.45) is 0.0704. The Morgan fingerprint density at radius 1 is 1.56 bits per heavy atom. The molecule has 0 heterocycles. The third-order valence-electron chi connectivity index (χ3n) is 2.58. The van der Waals surface area contributed by atoms with E-state index in [9.17, 15) is 14.9 Å². The summed E-state index contributed by atoms with van der Waals surface area (Å²) in [5, 5.41) is 22.4. The maximum absolute atomic E-state index is 10.8. The van der Waals surface area contributed by atoms with E-state index in [0.29, 0.717) is 17.8 Å². The van der Waals surface area contributed by atoms with Gasteiger partial charge in [0, 0.05) is 30.3 Å². The second-order valence-corrected chi connectivity index (χ2v) is 4.34. The Labute approximate surface area is 105 Å². The van der Waals surface area contributed by atoms with E-state index < -0.39 is 10.9 Å². The highest BCUT2D eigenvalue weighted by atomic mass is 16.6. The third-order valence-corrected chi connectivity index (χ3v) is 2.58. The summed E-state index contributed by atoms with van der Waals surface area (Å²) < 4.78 is 0. The van der Waals surface area contributed by atoms with E-state index in [1.54, 1.807) is 19.1 Å². The number of aryl methyl sites for hydroxylation is 1. The number of carboxylic acids is 1. The van der Waals surface area contributed by atoms with Gasteiger partial charge >= 0.3 is 5.97 Å². The topological polar surface area (TPSA) is 92.5 Å². The Morgan fingerprint density at radius 2 is 2.22 bits per heavy atom. The van der Waals surface area contributed by atoms with Crippen molar-refractivity contribution in [3.63, 3.8) is 0 Å². The van der Waals surface area contributed by atoms with Gasteiger partial charge in [0.15, 0.2) is 0 Å². The predicted molar refractivity (Wildman–Crippen MR) is 67.7 cm³/mol. The maximum atomic E-state index is 10.8. The number of hydrogen-bond acceptors (Lipinski definition) is 4. The molecular formula is C12H16N2O4. The Bertz CT molecular complexity index is 459. The van der Waals surface area contributed by atoms with Crippen LogP contribution in [0.25, 0.3) is 0 Å². The molecule has 0 amide bonds. The van der Waals surface area contributed by atoms with Crippen LogP contribution in [0.15, 0.2) is 18.2 Å². The molecule has 0 saturated heterocycles. The molecule has 0 aromatic heterocycles. The number of carbonyl (C=O) groups is 1. The molecule has 0 bridgehead atoms. The van der Waals surface area contributed by atoms with E-state index in [-0.39, 0.29) is 18.0 Å². The van der Waals surface area contributed by atoms with Gasteiger partial charge in [0.1, 0.15) is 0 Å². The molecule has 1 aromatic carbocycles. The van der Waals surface area contributed by atoms with Crippen LogP contribution in [0, 0.1) is 23.0 Å². The van der Waals surface area contributed by atoms with Gasteiger partial charge in [0.25, 0.3) is 5.69 Å². The highest BCUT2D eigenvalue weighted by Gasteiger charge is 2.12. The predicted octanol–water partition coefficient (Wildman–Crippen LogP) is 2.43. The average Bonchev–Trinajstić information content (AvgIpc) is 2.26. The Morgan fingerprint density at radius 3 is 2.78 bits per heavy atom. The number of benzene rings is 1. The lowest BCUT2D eigenvalue weighted by Gasteiger charge is -2.11. The van der Waals surface area contributed by atoms with Gasteiger partial charge in [-0.1, -0.05) is 13.0 Å². The zero-order valence-corrected chi connectivity index (χ0v) is 10.3. The van der Waals surface area contributed by atoms with Crippen molar-refractivity contribution in [2.24, 2.45) is 5.92 Å². The molecule has 0 aliphatic rings. The summed E-state index contributed by atoms with van der Waals surface area (Å²) in [4.78, 5) is 20.8. The number of carboxylic acid groups (broad SMARTS) is 1. The second kappa shape index (κ2) is 6.00. The first kappa shape index (κ1) is 14.0. The average molecular weight is 252 g/mol. The van der Waals surface area contributed by atoms with E-state index in [0.717, 1.165) is 0 Å². The van der Waals surface area contributed by atoms with Crippen molar-refractivity contribution in [1.82, 2.24) is 0 Å². The molecule has 98 valence electrons. The van der Waals surface area contributed by atoms with E-state index in [2.05, 4.69) is 5.32 Å². The van der Waals surface area contributed by atoms with Gasteiger partial charge in [0.05, 0.1) is 4.92 Å². The molecule has 0 fully saturated rings. The van der Waals surface area contributed by atoms with Crippen molar-refractivity contribution in [3.8, 4) is 0 Å². The summed E-state index contributed by atoms with van der Waals surface area (Å²) >= 11 is 0. The molecule has 1 rings (SSSR count). The minimum atomic E-state index is -0.848. The van der Waals surface area contributed by atoms with Gasteiger partial charge in [-0.2, -0.15) is 0 Å². The fraction of sp³-hybridized carbons (Fsp3) is 0.417. The lowest BCUT2D eigenvalue weighted by atomic mass is 10.1. The Balaban J connectivity index is 2.66. The van der Waals surface area contributed by atoms with Gasteiger partial charge in [0.2, 0.25) is 0 Å². The molecule has 1 unspecified atom stereocenters. The summed E-state index contributed by atoms with van der Waals surface area (Å²) in [5.41, 5.74) is 1.29. The maximum Gasteiger partial charge on any atom is 0.303 e. The summed E-state index contributed by atoms with van der Waals surface area (Å²) in [7, 11) is 0. The molecule has 0 spiro atoms. The van der Waals surface area contributed by atoms with Crippen LogP contribution >= 0.6 is 0 Å². The lowest BCUT2D eigenvalue weighted by Crippen LogP contribution is -2.15. The van der Waals surface area contributed by atoms with Gasteiger partial charge < -0.3 is 10.4 Å². The van der Waals surface area contributed by atoms with Crippen LogP contribution in [0.4, 0.5) is 11.4 Å². The highest BCUT2D eigenvalue weighted by molar-refractivity contribution is 5.67. The fourth-order valence-corrected chi connectivity index (χ4v) is 1.58. The number of anilines is 1. The first-order valence-corrected chi connectivity index (χ1v) is 5.61. The number of nitro groups is 1. The molecule has 0 aliphatic carbocycles. The van der Waals surface area contributed by atoms with E-state index in [1.165, 1.54) is 6.07 Å². The zero-order valence-electron chi connectivity index (χ0n) is 10.3. The number of nitrogens with one attached hydrogen (secondary N) is 1. The van der Waals surface area contributed by atoms with Crippen LogP contribution in [0.2, 0.25) is 0 Å². The van der Waals surface area contributed by atoms with Crippen molar-refractivity contribution >= 4 is 17.3 Å². The van der Waals surface area contributed by atoms with Crippen LogP contribution < -0.4 is 5.32 Å². The second-order valence-electron chi connectivity index (χ2n) is 4.34. The third kappa shape index (κ3) is 4.04. The number of hydrogen-bond donors (Lipinski definition) is 2. The van der Waals surface area contributed by atoms with Crippen LogP contribution in [0.3, 0.4) is 0 Å². The van der Waals surface area contributed by atoms with E-state index >= 15 is 0 Å². The quantitative estimate of drug-likeness (QED) is 0.599. The molecule has 0 saturated carbocycles. The molecule has 2 N–H and O–H groups in total. The summed E-state index contributed by atoms with van der Waals surface area (Å²) in [5.74, 6) is -0.887. The zero-order chi connectivity index (χ0) is 13.7. The summed E-state index contributed by atoms with van der Waals surface area (Å²) in [6, 6.07) is 4.88. The van der Waals surface area contributed by atoms with Gasteiger partial charge in [-0.3, -0.25) is 14.9 Å². The minimum Gasteiger partial charge on any atom is -0.481 e. The van der Waals surface area contributed by atoms with Gasteiger partial charge in [-0.15, -0.1) is 0 Å². The van der Waals surface area contributed by atoms with E-state index in [4.69, 9.17) is 5.11 Å². The number of nitro benzene ring substituents is 1. The van der Waals surface area contributed by atoms with Crippen LogP contribution in [0.5, 0.6) is 0 Å². The summed E-state index contributed by atoms with van der Waals surface area (Å²) in [6.45, 7) is 3.95. The highest BCUT2D eigenvalue weighted by Crippen LogP contribution is 2.22. The van der Waals surface area contributed by atoms with Crippen molar-refractivity contribution in [2.75, 3.05) is 11.9 Å². The van der Waals surface area contributed by atoms with E-state index in [1.807, 2.05) is 6.92 Å². The lowest BCUT2D eigenvalue weighted by molar-refractivity contribution is -0.385. The van der Waals surface area contributed by atoms with Gasteiger partial charge in [-0.05, 0) is 18.9 Å². The standard InChI is InChI=1S/C12H16N2O4/c1-8(5-12(15)16)7-13-10-4-3-9(2)11(6-10)14(17)18/h3-4,6,8,13H,5,7H2,1-2H3,(H,15,16).